The van der Waals surface area contributed by atoms with Crippen LogP contribution in [0.2, 0.25) is 0 Å². The molecule has 7 heteroatoms. The van der Waals surface area contributed by atoms with Crippen LogP contribution in [0, 0.1) is 0 Å². The van der Waals surface area contributed by atoms with E-state index in [4.69, 9.17) is 14.2 Å². The number of carbonyl (C=O) groups excluding carboxylic acids is 2. The zero-order chi connectivity index (χ0) is 22.8. The molecule has 1 saturated heterocycles. The van der Waals surface area contributed by atoms with Gasteiger partial charge in [-0.3, -0.25) is 9.59 Å². The van der Waals surface area contributed by atoms with E-state index in [1.54, 1.807) is 18.2 Å². The molecule has 32 heavy (non-hydrogen) atoms. The van der Waals surface area contributed by atoms with Crippen LogP contribution in [0.5, 0.6) is 11.5 Å². The van der Waals surface area contributed by atoms with Crippen molar-refractivity contribution >= 4 is 17.4 Å². The van der Waals surface area contributed by atoms with Crippen molar-refractivity contribution in [2.75, 3.05) is 26.9 Å². The number of ketones is 1. The number of ether oxygens (including phenoxy) is 3. The van der Waals surface area contributed by atoms with Gasteiger partial charge in [-0.2, -0.15) is 0 Å². The molecular weight excluding hydrogens is 410 g/mol. The van der Waals surface area contributed by atoms with Crippen LogP contribution in [0.1, 0.15) is 36.6 Å². The highest BCUT2D eigenvalue weighted by Crippen LogP contribution is 2.43. The summed E-state index contributed by atoms with van der Waals surface area (Å²) in [6.45, 7) is 4.74. The zero-order valence-electron chi connectivity index (χ0n) is 18.5. The topological polar surface area (TPSA) is 85.3 Å². The van der Waals surface area contributed by atoms with E-state index in [1.165, 1.54) is 12.0 Å². The van der Waals surface area contributed by atoms with Gasteiger partial charge in [0, 0.05) is 31.2 Å². The lowest BCUT2D eigenvalue weighted by Crippen LogP contribution is -2.32. The van der Waals surface area contributed by atoms with Crippen LogP contribution in [0.3, 0.4) is 0 Å². The fourth-order valence-electron chi connectivity index (χ4n) is 4.34. The van der Waals surface area contributed by atoms with E-state index in [1.807, 2.05) is 38.1 Å². The first-order valence-electron chi connectivity index (χ1n) is 10.7. The molecular formula is C25H27NO6. The number of amides is 1. The summed E-state index contributed by atoms with van der Waals surface area (Å²) in [5, 5.41) is 11.3. The number of fused-ring (bicyclic) bond motifs is 1. The summed E-state index contributed by atoms with van der Waals surface area (Å²) >= 11 is 0. The lowest BCUT2D eigenvalue weighted by molar-refractivity contribution is -0.140. The Morgan fingerprint density at radius 3 is 2.75 bits per heavy atom. The number of rotatable bonds is 7. The zero-order valence-corrected chi connectivity index (χ0v) is 18.5. The third-order valence-corrected chi connectivity index (χ3v) is 5.76. The van der Waals surface area contributed by atoms with Crippen LogP contribution in [-0.4, -0.2) is 54.7 Å². The summed E-state index contributed by atoms with van der Waals surface area (Å²) in [6.07, 6.45) is 0.773. The van der Waals surface area contributed by atoms with Gasteiger partial charge in [0.25, 0.3) is 11.7 Å². The van der Waals surface area contributed by atoms with Crippen molar-refractivity contribution in [3.63, 3.8) is 0 Å². The second-order valence-electron chi connectivity index (χ2n) is 7.91. The molecule has 0 bridgehead atoms. The quantitative estimate of drug-likeness (QED) is 0.406. The van der Waals surface area contributed by atoms with Crippen LogP contribution in [-0.2, 0) is 20.7 Å². The van der Waals surface area contributed by atoms with Gasteiger partial charge in [-0.05, 0) is 43.7 Å². The Kier molecular flexibility index (Phi) is 6.19. The first kappa shape index (κ1) is 21.9. The lowest BCUT2D eigenvalue weighted by atomic mass is 9.94. The number of Topliss-reactive ketones (excluding diaryl/α,β-unsaturated/α-hetero) is 1. The number of benzene rings is 2. The van der Waals surface area contributed by atoms with Crippen LogP contribution >= 0.6 is 0 Å². The molecule has 4 rings (SSSR count). The number of para-hydroxylation sites is 1. The summed E-state index contributed by atoms with van der Waals surface area (Å²) in [6, 6.07) is 11.8. The van der Waals surface area contributed by atoms with Gasteiger partial charge in [0.05, 0.1) is 24.8 Å². The average Bonchev–Trinajstić information content (AvgIpc) is 3.28. The molecule has 2 aliphatic rings. The SMILES string of the molecule is CCOc1ccccc1C1C(=C(O)c2ccc3c(c2)CC(C)O3)C(=O)C(=O)N1CCOC. The summed E-state index contributed by atoms with van der Waals surface area (Å²) < 4.78 is 16.7. The van der Waals surface area contributed by atoms with Crippen molar-refractivity contribution in [3.8, 4) is 11.5 Å². The van der Waals surface area contributed by atoms with Gasteiger partial charge < -0.3 is 24.2 Å². The molecule has 0 aromatic heterocycles. The maximum absolute atomic E-state index is 13.1. The first-order valence-corrected chi connectivity index (χ1v) is 10.7. The van der Waals surface area contributed by atoms with Gasteiger partial charge in [-0.15, -0.1) is 0 Å². The van der Waals surface area contributed by atoms with Crippen LogP contribution in [0.15, 0.2) is 48.0 Å². The Morgan fingerprint density at radius 1 is 1.22 bits per heavy atom. The highest BCUT2D eigenvalue weighted by atomic mass is 16.5. The van der Waals surface area contributed by atoms with Crippen molar-refractivity contribution in [3.05, 3.63) is 64.7 Å². The third kappa shape index (κ3) is 3.84. The predicted octanol–water partition coefficient (Wildman–Crippen LogP) is 3.48. The molecule has 0 radical (unpaired) electrons. The summed E-state index contributed by atoms with van der Waals surface area (Å²) in [5.41, 5.74) is 2.13. The molecule has 2 aromatic rings. The fraction of sp³-hybridized carbons (Fsp3) is 0.360. The number of carbonyl (C=O) groups is 2. The second kappa shape index (κ2) is 9.04. The molecule has 2 aromatic carbocycles. The smallest absolute Gasteiger partial charge is 0.295 e. The molecule has 1 fully saturated rings. The van der Waals surface area contributed by atoms with Crippen LogP contribution in [0.25, 0.3) is 5.76 Å². The highest BCUT2D eigenvalue weighted by molar-refractivity contribution is 6.46. The predicted molar refractivity (Wildman–Crippen MR) is 119 cm³/mol. The van der Waals surface area contributed by atoms with Crippen molar-refractivity contribution < 1.29 is 28.9 Å². The van der Waals surface area contributed by atoms with Gasteiger partial charge in [0.15, 0.2) is 0 Å². The van der Waals surface area contributed by atoms with Gasteiger partial charge >= 0.3 is 0 Å². The lowest BCUT2D eigenvalue weighted by Gasteiger charge is -2.26. The minimum Gasteiger partial charge on any atom is -0.507 e. The van der Waals surface area contributed by atoms with E-state index in [0.717, 1.165) is 17.7 Å². The molecule has 2 aliphatic heterocycles. The Morgan fingerprint density at radius 2 is 2.00 bits per heavy atom. The van der Waals surface area contributed by atoms with Crippen LogP contribution < -0.4 is 9.47 Å². The molecule has 0 aliphatic carbocycles. The number of nitrogens with zero attached hydrogens (tertiary/aromatic N) is 1. The minimum absolute atomic E-state index is 0.0465. The Hall–Kier alpha value is -3.32. The molecule has 0 saturated carbocycles. The van der Waals surface area contributed by atoms with E-state index in [9.17, 15) is 14.7 Å². The molecule has 1 N–H and O–H groups in total. The Bertz CT molecular complexity index is 1080. The maximum Gasteiger partial charge on any atom is 0.295 e. The fourth-order valence-corrected chi connectivity index (χ4v) is 4.34. The normalized spacial score (nSPS) is 21.5. The second-order valence-corrected chi connectivity index (χ2v) is 7.91. The number of hydrogen-bond donors (Lipinski definition) is 1. The summed E-state index contributed by atoms with van der Waals surface area (Å²) in [7, 11) is 1.54. The van der Waals surface area contributed by atoms with E-state index in [-0.39, 0.29) is 30.6 Å². The maximum atomic E-state index is 13.1. The van der Waals surface area contributed by atoms with Gasteiger partial charge in [0.1, 0.15) is 23.4 Å². The monoisotopic (exact) mass is 437 g/mol. The number of aliphatic hydroxyl groups is 1. The number of likely N-dealkylation sites (tertiary alicyclic amines) is 1. The van der Waals surface area contributed by atoms with E-state index in [0.29, 0.717) is 23.5 Å². The summed E-state index contributed by atoms with van der Waals surface area (Å²) in [4.78, 5) is 27.5. The summed E-state index contributed by atoms with van der Waals surface area (Å²) in [5.74, 6) is -0.265. The minimum atomic E-state index is -0.781. The van der Waals surface area contributed by atoms with Crippen LogP contribution in [0.4, 0.5) is 0 Å². The van der Waals surface area contributed by atoms with Crippen molar-refractivity contribution in [2.45, 2.75) is 32.4 Å². The average molecular weight is 437 g/mol. The number of hydrogen-bond acceptors (Lipinski definition) is 6. The molecule has 168 valence electrons. The van der Waals surface area contributed by atoms with Gasteiger partial charge in [-0.1, -0.05) is 18.2 Å². The van der Waals surface area contributed by atoms with Crippen molar-refractivity contribution in [1.82, 2.24) is 4.90 Å². The van der Waals surface area contributed by atoms with Gasteiger partial charge in [-0.25, -0.2) is 0 Å². The molecule has 7 nitrogen and oxygen atoms in total. The molecule has 2 heterocycles. The number of aliphatic hydroxyl groups excluding tert-OH is 1. The highest BCUT2D eigenvalue weighted by Gasteiger charge is 2.47. The number of methoxy groups -OCH3 is 1. The standard InChI is InChI=1S/C25H27NO6/c1-4-31-20-8-6-5-7-18(20)22-21(24(28)25(29)26(22)11-12-30-3)23(27)16-9-10-19-17(14-16)13-15(2)32-19/h5-10,14-15,22,27H,4,11-13H2,1-3H3. The van der Waals surface area contributed by atoms with E-state index < -0.39 is 17.7 Å². The molecule has 0 spiro atoms. The first-order chi connectivity index (χ1) is 15.5. The largest absolute Gasteiger partial charge is 0.507 e. The molecule has 1 amide bonds. The third-order valence-electron chi connectivity index (χ3n) is 5.76. The molecule has 2 unspecified atom stereocenters. The molecule has 2 atom stereocenters. The van der Waals surface area contributed by atoms with E-state index in [2.05, 4.69) is 0 Å². The van der Waals surface area contributed by atoms with Crippen molar-refractivity contribution in [1.29, 1.82) is 0 Å². The van der Waals surface area contributed by atoms with Crippen molar-refractivity contribution in [2.24, 2.45) is 0 Å². The Labute approximate surface area is 187 Å². The Balaban J connectivity index is 1.86. The van der Waals surface area contributed by atoms with E-state index >= 15 is 0 Å². The van der Waals surface area contributed by atoms with Gasteiger partial charge in [0.2, 0.25) is 0 Å².